The smallest absolute Gasteiger partial charge is 0.475 e. The molecule has 1 saturated carbocycles. The minimum absolute atomic E-state index is 0.0456. The number of hydrogen-bond donors (Lipinski definition) is 3. The number of carboxylic acids is 1. The van der Waals surface area contributed by atoms with Crippen LogP contribution in [0, 0.1) is 0 Å². The molecule has 14 heteroatoms. The second kappa shape index (κ2) is 10.7. The van der Waals surface area contributed by atoms with Crippen LogP contribution in [-0.2, 0) is 11.8 Å². The average Bonchev–Trinajstić information content (AvgIpc) is 3.09. The van der Waals surface area contributed by atoms with Gasteiger partial charge in [-0.05, 0) is 32.1 Å². The van der Waals surface area contributed by atoms with E-state index in [9.17, 15) is 18.0 Å². The lowest BCUT2D eigenvalue weighted by Gasteiger charge is -2.30. The summed E-state index contributed by atoms with van der Waals surface area (Å²) in [7, 11) is 1.84. The van der Waals surface area contributed by atoms with Gasteiger partial charge >= 0.3 is 12.1 Å². The lowest BCUT2D eigenvalue weighted by molar-refractivity contribution is -0.192. The number of nitrogens with one attached hydrogen (secondary N) is 1. The maximum atomic E-state index is 12.6. The molecule has 2 aromatic heterocycles. The van der Waals surface area contributed by atoms with Crippen LogP contribution in [0.1, 0.15) is 42.5 Å². The molecule has 1 amide bonds. The van der Waals surface area contributed by atoms with Gasteiger partial charge in [-0.3, -0.25) is 9.48 Å². The number of aliphatic carboxylic acids is 1. The van der Waals surface area contributed by atoms with Gasteiger partial charge in [-0.1, -0.05) is 0 Å². The van der Waals surface area contributed by atoms with Crippen LogP contribution in [0.2, 0.25) is 0 Å². The van der Waals surface area contributed by atoms with Gasteiger partial charge in [0.15, 0.2) is 0 Å². The third kappa shape index (κ3) is 6.79. The molecule has 0 radical (unpaired) electrons. The number of likely N-dealkylation sites (tertiary alicyclic amines) is 1. The SMILES string of the molecule is Cn1cc(Nc2ncc(C(=O)N3CCCC(N)C3)cn2)c(OC2CCC2)n1.O=C(O)C(F)(F)F. The minimum atomic E-state index is -5.08. The molecule has 0 spiro atoms. The van der Waals surface area contributed by atoms with Crippen LogP contribution in [0.5, 0.6) is 5.88 Å². The van der Waals surface area contributed by atoms with Crippen LogP contribution in [-0.4, -0.2) is 73.0 Å². The van der Waals surface area contributed by atoms with E-state index in [1.54, 1.807) is 22.0 Å². The molecule has 4 rings (SSSR count). The largest absolute Gasteiger partial charge is 0.490 e. The van der Waals surface area contributed by atoms with Crippen LogP contribution in [0.15, 0.2) is 18.6 Å². The molecule has 2 fully saturated rings. The Morgan fingerprint density at radius 1 is 1.21 bits per heavy atom. The van der Waals surface area contributed by atoms with Crippen LogP contribution < -0.4 is 15.8 Å². The highest BCUT2D eigenvalue weighted by atomic mass is 19.4. The number of hydrogen-bond acceptors (Lipinski definition) is 8. The summed E-state index contributed by atoms with van der Waals surface area (Å²) in [6.07, 6.45) is 5.26. The number of carbonyl (C=O) groups excluding carboxylic acids is 1. The van der Waals surface area contributed by atoms with Crippen LogP contribution in [0.3, 0.4) is 0 Å². The Bertz CT molecular complexity index is 993. The summed E-state index contributed by atoms with van der Waals surface area (Å²) in [6.45, 7) is 1.31. The van der Waals surface area contributed by atoms with Gasteiger partial charge in [0.25, 0.3) is 11.8 Å². The fraction of sp³-hybridized carbons (Fsp3) is 0.550. The Kier molecular flexibility index (Phi) is 7.91. The molecule has 11 nitrogen and oxygen atoms in total. The zero-order chi connectivity index (χ0) is 24.9. The molecule has 186 valence electrons. The molecule has 1 atom stereocenters. The van der Waals surface area contributed by atoms with Crippen molar-refractivity contribution < 1.29 is 32.6 Å². The average molecular weight is 485 g/mol. The van der Waals surface area contributed by atoms with E-state index in [1.807, 2.05) is 13.2 Å². The fourth-order valence-electron chi connectivity index (χ4n) is 3.29. The van der Waals surface area contributed by atoms with Crippen molar-refractivity contribution in [3.05, 3.63) is 24.2 Å². The normalized spacial score (nSPS) is 18.4. The number of carbonyl (C=O) groups is 2. The van der Waals surface area contributed by atoms with Crippen molar-refractivity contribution in [1.29, 1.82) is 0 Å². The topological polar surface area (TPSA) is 148 Å². The van der Waals surface area contributed by atoms with Gasteiger partial charge in [-0.15, -0.1) is 5.10 Å². The Morgan fingerprint density at radius 2 is 1.85 bits per heavy atom. The number of ether oxygens (including phenoxy) is 1. The van der Waals surface area contributed by atoms with Crippen molar-refractivity contribution >= 4 is 23.5 Å². The fourth-order valence-corrected chi connectivity index (χ4v) is 3.29. The maximum absolute atomic E-state index is 12.6. The van der Waals surface area contributed by atoms with E-state index in [0.29, 0.717) is 29.6 Å². The molecule has 0 aromatic carbocycles. The van der Waals surface area contributed by atoms with E-state index < -0.39 is 12.1 Å². The van der Waals surface area contributed by atoms with E-state index in [4.69, 9.17) is 20.4 Å². The van der Waals surface area contributed by atoms with E-state index >= 15 is 0 Å². The molecule has 2 aliphatic rings. The summed E-state index contributed by atoms with van der Waals surface area (Å²) in [5, 5.41) is 14.6. The number of halogens is 3. The van der Waals surface area contributed by atoms with Crippen molar-refractivity contribution in [3.63, 3.8) is 0 Å². The first-order chi connectivity index (χ1) is 16.0. The van der Waals surface area contributed by atoms with Gasteiger partial charge in [0.1, 0.15) is 11.8 Å². The highest BCUT2D eigenvalue weighted by Crippen LogP contribution is 2.30. The molecule has 1 aliphatic heterocycles. The van der Waals surface area contributed by atoms with Crippen molar-refractivity contribution in [2.24, 2.45) is 12.8 Å². The van der Waals surface area contributed by atoms with E-state index in [1.165, 1.54) is 6.42 Å². The highest BCUT2D eigenvalue weighted by Gasteiger charge is 2.38. The zero-order valence-corrected chi connectivity index (χ0v) is 18.5. The van der Waals surface area contributed by atoms with Crippen LogP contribution in [0.4, 0.5) is 24.8 Å². The van der Waals surface area contributed by atoms with Gasteiger partial charge in [-0.25, -0.2) is 14.8 Å². The van der Waals surface area contributed by atoms with Gasteiger partial charge in [0.2, 0.25) is 5.95 Å². The molecule has 1 saturated heterocycles. The number of alkyl halides is 3. The number of carboxylic acid groups (broad SMARTS) is 1. The molecule has 3 heterocycles. The van der Waals surface area contributed by atoms with Gasteiger partial charge in [0.05, 0.1) is 11.8 Å². The van der Waals surface area contributed by atoms with E-state index in [0.717, 1.165) is 32.2 Å². The summed E-state index contributed by atoms with van der Waals surface area (Å²) in [6, 6.07) is 0.0456. The highest BCUT2D eigenvalue weighted by molar-refractivity contribution is 5.93. The number of piperidine rings is 1. The molecule has 1 aliphatic carbocycles. The summed E-state index contributed by atoms with van der Waals surface area (Å²) >= 11 is 0. The number of rotatable bonds is 5. The van der Waals surface area contributed by atoms with Gasteiger partial charge in [-0.2, -0.15) is 13.2 Å². The molecule has 34 heavy (non-hydrogen) atoms. The molecule has 4 N–H and O–H groups in total. The summed E-state index contributed by atoms with van der Waals surface area (Å²) < 4.78 is 39.3. The first kappa shape index (κ1) is 25.2. The third-order valence-electron chi connectivity index (χ3n) is 5.26. The summed E-state index contributed by atoms with van der Waals surface area (Å²) in [5.74, 6) is -1.89. The Morgan fingerprint density at radius 3 is 2.38 bits per heavy atom. The number of amides is 1. The minimum Gasteiger partial charge on any atom is -0.475 e. The lowest BCUT2D eigenvalue weighted by atomic mass is 9.96. The predicted octanol–water partition coefficient (Wildman–Crippen LogP) is 2.08. The molecule has 1 unspecified atom stereocenters. The number of aryl methyl sites for hydroxylation is 1. The Hall–Kier alpha value is -3.42. The summed E-state index contributed by atoms with van der Waals surface area (Å²) in [4.78, 5) is 31.8. The Labute approximate surface area is 193 Å². The van der Waals surface area contributed by atoms with E-state index in [2.05, 4.69) is 20.4 Å². The molecule has 2 aromatic rings. The van der Waals surface area contributed by atoms with Crippen molar-refractivity contribution in [1.82, 2.24) is 24.6 Å². The molecular weight excluding hydrogens is 459 g/mol. The predicted molar refractivity (Wildman–Crippen MR) is 114 cm³/mol. The molecule has 0 bridgehead atoms. The van der Waals surface area contributed by atoms with E-state index in [-0.39, 0.29) is 18.1 Å². The van der Waals surface area contributed by atoms with Crippen molar-refractivity contribution in [2.75, 3.05) is 18.4 Å². The lowest BCUT2D eigenvalue weighted by Crippen LogP contribution is -2.45. The van der Waals surface area contributed by atoms with Gasteiger partial charge in [0, 0.05) is 38.6 Å². The van der Waals surface area contributed by atoms with Crippen molar-refractivity contribution in [2.45, 2.75) is 50.4 Å². The Balaban J connectivity index is 0.000000406. The van der Waals surface area contributed by atoms with Crippen molar-refractivity contribution in [3.8, 4) is 5.88 Å². The third-order valence-corrected chi connectivity index (χ3v) is 5.26. The summed E-state index contributed by atoms with van der Waals surface area (Å²) in [5.41, 5.74) is 7.14. The second-order valence-electron chi connectivity index (χ2n) is 8.07. The number of anilines is 2. The number of nitrogens with two attached hydrogens (primary N) is 1. The first-order valence-electron chi connectivity index (χ1n) is 10.7. The number of aromatic nitrogens is 4. The monoisotopic (exact) mass is 485 g/mol. The number of nitrogens with zero attached hydrogens (tertiary/aromatic N) is 5. The standard InChI is InChI=1S/C18H25N7O2.C2HF3O2/c1-24-11-15(16(23-24)27-14-5-2-6-14)22-18-20-8-12(9-21-18)17(26)25-7-3-4-13(19)10-25;3-2(4,5)1(6)7/h8-9,11,13-14H,2-7,10,19H2,1H3,(H,20,21,22);(H,6,7). The quantitative estimate of drug-likeness (QED) is 0.579. The first-order valence-corrected chi connectivity index (χ1v) is 10.7. The molecular formula is C20H26F3N7O4. The van der Waals surface area contributed by atoms with Crippen LogP contribution >= 0.6 is 0 Å². The zero-order valence-electron chi connectivity index (χ0n) is 18.5. The second-order valence-corrected chi connectivity index (χ2v) is 8.07. The van der Waals surface area contributed by atoms with Crippen LogP contribution in [0.25, 0.3) is 0 Å². The maximum Gasteiger partial charge on any atom is 0.490 e. The van der Waals surface area contributed by atoms with Gasteiger partial charge < -0.3 is 25.8 Å².